The van der Waals surface area contributed by atoms with E-state index in [0.717, 1.165) is 23.6 Å². The number of aromatic nitrogens is 2. The number of benzene rings is 1. The first kappa shape index (κ1) is 20.3. The minimum atomic E-state index is -5.08. The fourth-order valence-electron chi connectivity index (χ4n) is 2.74. The molecule has 3 rings (SSSR count). The number of hydrogen-bond donors (Lipinski definition) is 2. The van der Waals surface area contributed by atoms with Gasteiger partial charge in [-0.2, -0.15) is 18.3 Å². The molecule has 0 radical (unpaired) electrons. The van der Waals surface area contributed by atoms with Crippen LogP contribution in [-0.4, -0.2) is 33.1 Å². The van der Waals surface area contributed by atoms with Crippen molar-refractivity contribution >= 4 is 17.6 Å². The summed E-state index contributed by atoms with van der Waals surface area (Å²) in [5.74, 6) is -2.15. The van der Waals surface area contributed by atoms with E-state index >= 15 is 0 Å². The fraction of sp³-hybridized carbons (Fsp3) is 0.412. The fourth-order valence-corrected chi connectivity index (χ4v) is 2.86. The van der Waals surface area contributed by atoms with Gasteiger partial charge in [-0.1, -0.05) is 11.6 Å². The molecule has 9 heteroatoms. The molecule has 0 atom stereocenters. The highest BCUT2D eigenvalue weighted by Crippen LogP contribution is 2.32. The number of hydrogen-bond acceptors (Lipinski definition) is 3. The topological polar surface area (TPSA) is 81.1 Å². The molecule has 1 aliphatic rings. The molecule has 0 unspecified atom stereocenters. The van der Waals surface area contributed by atoms with Gasteiger partial charge in [-0.05, 0) is 61.4 Å². The van der Waals surface area contributed by atoms with Gasteiger partial charge < -0.3 is 10.8 Å². The van der Waals surface area contributed by atoms with Crippen LogP contribution in [0.25, 0.3) is 5.69 Å². The van der Waals surface area contributed by atoms with E-state index in [-0.39, 0.29) is 0 Å². The smallest absolute Gasteiger partial charge is 0.475 e. The summed E-state index contributed by atoms with van der Waals surface area (Å²) >= 11 is 5.90. The molecular formula is C17H19ClF3N3O2. The number of nitrogens with two attached hydrogens (primary N) is 1. The van der Waals surface area contributed by atoms with Crippen LogP contribution in [0.4, 0.5) is 13.2 Å². The molecule has 1 aliphatic carbocycles. The molecular weight excluding hydrogens is 371 g/mol. The summed E-state index contributed by atoms with van der Waals surface area (Å²) in [4.78, 5) is 8.90. The van der Waals surface area contributed by atoms with Gasteiger partial charge in [0.2, 0.25) is 0 Å². The van der Waals surface area contributed by atoms with Gasteiger partial charge >= 0.3 is 12.1 Å². The van der Waals surface area contributed by atoms with Crippen molar-refractivity contribution in [3.63, 3.8) is 0 Å². The molecule has 1 aromatic carbocycles. The lowest BCUT2D eigenvalue weighted by molar-refractivity contribution is -0.192. The SMILES string of the molecule is NC1CCC(c2cnn(-c3ccc(Cl)cc3)c2)CC1.O=C(O)C(F)(F)F. The third-order valence-corrected chi connectivity index (χ3v) is 4.43. The van der Waals surface area contributed by atoms with Crippen molar-refractivity contribution < 1.29 is 23.1 Å². The monoisotopic (exact) mass is 389 g/mol. The Hall–Kier alpha value is -2.06. The summed E-state index contributed by atoms with van der Waals surface area (Å²) in [6, 6.07) is 8.13. The first-order chi connectivity index (χ1) is 12.2. The first-order valence-corrected chi connectivity index (χ1v) is 8.41. The molecule has 3 N–H and O–H groups in total. The van der Waals surface area contributed by atoms with Crippen LogP contribution in [0.5, 0.6) is 0 Å². The van der Waals surface area contributed by atoms with E-state index in [1.54, 1.807) is 0 Å². The van der Waals surface area contributed by atoms with Crippen LogP contribution < -0.4 is 5.73 Å². The predicted molar refractivity (Wildman–Crippen MR) is 91.4 cm³/mol. The van der Waals surface area contributed by atoms with Gasteiger partial charge in [0.1, 0.15) is 0 Å². The van der Waals surface area contributed by atoms with E-state index in [0.29, 0.717) is 12.0 Å². The lowest BCUT2D eigenvalue weighted by atomic mass is 9.83. The van der Waals surface area contributed by atoms with Gasteiger partial charge in [-0.25, -0.2) is 9.48 Å². The molecule has 1 heterocycles. The molecule has 1 fully saturated rings. The zero-order chi connectivity index (χ0) is 19.3. The molecule has 0 amide bonds. The van der Waals surface area contributed by atoms with E-state index in [4.69, 9.17) is 27.2 Å². The molecule has 1 saturated carbocycles. The number of carboxylic acids is 1. The first-order valence-electron chi connectivity index (χ1n) is 8.03. The second kappa shape index (κ2) is 8.55. The summed E-state index contributed by atoms with van der Waals surface area (Å²) in [5, 5.41) is 12.3. The van der Waals surface area contributed by atoms with E-state index in [1.165, 1.54) is 18.4 Å². The number of alkyl halides is 3. The number of aliphatic carboxylic acids is 1. The molecule has 0 bridgehead atoms. The molecule has 5 nitrogen and oxygen atoms in total. The van der Waals surface area contributed by atoms with Crippen LogP contribution in [0.3, 0.4) is 0 Å². The maximum Gasteiger partial charge on any atom is 0.490 e. The Bertz CT molecular complexity index is 724. The molecule has 2 aromatic rings. The van der Waals surface area contributed by atoms with Crippen molar-refractivity contribution in [3.8, 4) is 5.69 Å². The molecule has 1 aromatic heterocycles. The standard InChI is InChI=1S/C15H18ClN3.C2HF3O2/c16-13-3-7-15(8-4-13)19-10-12(9-18-19)11-1-5-14(17)6-2-11;3-2(4,5)1(6)7/h3-4,7-11,14H,1-2,5-6,17H2;(H,6,7). The minimum Gasteiger partial charge on any atom is -0.475 e. The van der Waals surface area contributed by atoms with Crippen molar-refractivity contribution in [1.29, 1.82) is 0 Å². The molecule has 142 valence electrons. The number of halogens is 4. The van der Waals surface area contributed by atoms with Crippen molar-refractivity contribution in [2.24, 2.45) is 5.73 Å². The van der Waals surface area contributed by atoms with Gasteiger partial charge in [0, 0.05) is 17.3 Å². The highest BCUT2D eigenvalue weighted by Gasteiger charge is 2.38. The largest absolute Gasteiger partial charge is 0.490 e. The Morgan fingerprint density at radius 3 is 2.23 bits per heavy atom. The number of carboxylic acid groups (broad SMARTS) is 1. The maximum atomic E-state index is 10.6. The second-order valence-corrected chi connectivity index (χ2v) is 6.55. The molecule has 0 aliphatic heterocycles. The molecule has 0 spiro atoms. The van der Waals surface area contributed by atoms with Crippen LogP contribution in [0.1, 0.15) is 37.2 Å². The zero-order valence-electron chi connectivity index (χ0n) is 13.8. The van der Waals surface area contributed by atoms with E-state index in [9.17, 15) is 13.2 Å². The van der Waals surface area contributed by atoms with E-state index < -0.39 is 12.1 Å². The summed E-state index contributed by atoms with van der Waals surface area (Å²) in [5.41, 5.74) is 8.32. The van der Waals surface area contributed by atoms with Crippen LogP contribution in [0.2, 0.25) is 5.02 Å². The van der Waals surface area contributed by atoms with Crippen LogP contribution in [0.15, 0.2) is 36.7 Å². The van der Waals surface area contributed by atoms with Crippen molar-refractivity contribution in [1.82, 2.24) is 9.78 Å². The summed E-state index contributed by atoms with van der Waals surface area (Å²) in [6.07, 6.45) is 3.62. The van der Waals surface area contributed by atoms with Crippen molar-refractivity contribution in [2.45, 2.75) is 43.8 Å². The van der Waals surface area contributed by atoms with Gasteiger partial charge in [0.15, 0.2) is 0 Å². The van der Waals surface area contributed by atoms with E-state index in [2.05, 4.69) is 11.3 Å². The number of nitrogens with zero attached hydrogens (tertiary/aromatic N) is 2. The van der Waals surface area contributed by atoms with Gasteiger partial charge in [0.05, 0.1) is 11.9 Å². The van der Waals surface area contributed by atoms with Gasteiger partial charge in [-0.15, -0.1) is 0 Å². The summed E-state index contributed by atoms with van der Waals surface area (Å²) in [7, 11) is 0. The number of carbonyl (C=O) groups is 1. The highest BCUT2D eigenvalue weighted by atomic mass is 35.5. The minimum absolute atomic E-state index is 0.391. The van der Waals surface area contributed by atoms with Gasteiger partial charge in [-0.3, -0.25) is 0 Å². The zero-order valence-corrected chi connectivity index (χ0v) is 14.5. The van der Waals surface area contributed by atoms with Crippen molar-refractivity contribution in [2.75, 3.05) is 0 Å². The van der Waals surface area contributed by atoms with E-state index in [1.807, 2.05) is 35.1 Å². The van der Waals surface area contributed by atoms with Gasteiger partial charge in [0.25, 0.3) is 0 Å². The third-order valence-electron chi connectivity index (χ3n) is 4.18. The normalized spacial score (nSPS) is 20.2. The van der Waals surface area contributed by atoms with Crippen molar-refractivity contribution in [3.05, 3.63) is 47.2 Å². The average molecular weight is 390 g/mol. The third kappa shape index (κ3) is 5.74. The Morgan fingerprint density at radius 1 is 1.19 bits per heavy atom. The number of rotatable bonds is 2. The molecule has 0 saturated heterocycles. The Balaban J connectivity index is 0.000000298. The quantitative estimate of drug-likeness (QED) is 0.808. The summed E-state index contributed by atoms with van der Waals surface area (Å²) < 4.78 is 33.7. The maximum absolute atomic E-state index is 10.6. The van der Waals surface area contributed by atoms with Crippen LogP contribution in [-0.2, 0) is 4.79 Å². The highest BCUT2D eigenvalue weighted by molar-refractivity contribution is 6.30. The van der Waals surface area contributed by atoms with Crippen LogP contribution in [0, 0.1) is 0 Å². The second-order valence-electron chi connectivity index (χ2n) is 6.11. The lowest BCUT2D eigenvalue weighted by Crippen LogP contribution is -2.25. The summed E-state index contributed by atoms with van der Waals surface area (Å²) in [6.45, 7) is 0. The molecule has 26 heavy (non-hydrogen) atoms. The Morgan fingerprint density at radius 2 is 1.73 bits per heavy atom. The van der Waals surface area contributed by atoms with Crippen LogP contribution >= 0.6 is 11.6 Å². The average Bonchev–Trinajstić information content (AvgIpc) is 3.06. The Kier molecular flexibility index (Phi) is 6.66. The predicted octanol–water partition coefficient (Wildman–Crippen LogP) is 4.14. The Labute approximate surface area is 153 Å². The lowest BCUT2D eigenvalue weighted by Gasteiger charge is -2.25.